The van der Waals surface area contributed by atoms with Gasteiger partial charge in [0.2, 0.25) is 0 Å². The second-order valence-corrected chi connectivity index (χ2v) is 10.2. The van der Waals surface area contributed by atoms with Gasteiger partial charge in [-0.05, 0) is 67.9 Å². The van der Waals surface area contributed by atoms with Crippen LogP contribution in [-0.2, 0) is 9.53 Å². The number of hydrogen-bond acceptors (Lipinski definition) is 10. The standard InChI is InChI=1S/C30H27N3O7S/c1-6-39-29(35)26-17(3)31-30-33(27(26)21-14-19(37-4)9-12-24(21)38-5)28(34)25(41-30)15-20-10-11-23(40-20)18-8-7-16(2)22(13-18)32-36/h7-15,27H,6H2,1-5H3/b25-15-. The number of carbonyl (C=O) groups is 1. The predicted molar refractivity (Wildman–Crippen MR) is 154 cm³/mol. The number of rotatable bonds is 8. The molecule has 0 saturated heterocycles. The van der Waals surface area contributed by atoms with Crippen LogP contribution in [0.25, 0.3) is 17.4 Å². The van der Waals surface area contributed by atoms with E-state index in [2.05, 4.69) is 10.2 Å². The van der Waals surface area contributed by atoms with Gasteiger partial charge in [0.15, 0.2) is 4.80 Å². The molecule has 2 aromatic heterocycles. The summed E-state index contributed by atoms with van der Waals surface area (Å²) in [6.45, 7) is 5.39. The molecule has 4 aromatic rings. The van der Waals surface area contributed by atoms with Crippen LogP contribution in [0.3, 0.4) is 0 Å². The maximum absolute atomic E-state index is 13.9. The van der Waals surface area contributed by atoms with E-state index in [9.17, 15) is 14.5 Å². The zero-order valence-electron chi connectivity index (χ0n) is 23.1. The van der Waals surface area contributed by atoms with Crippen molar-refractivity contribution >= 4 is 29.1 Å². The molecule has 2 aromatic carbocycles. The Bertz CT molecular complexity index is 1880. The molecule has 1 aliphatic rings. The third kappa shape index (κ3) is 5.11. The minimum atomic E-state index is -0.869. The highest BCUT2D eigenvalue weighted by atomic mass is 32.1. The number of thiazole rings is 1. The molecule has 1 atom stereocenters. The van der Waals surface area contributed by atoms with Gasteiger partial charge in [0.1, 0.15) is 34.7 Å². The summed E-state index contributed by atoms with van der Waals surface area (Å²) < 4.78 is 24.3. The summed E-state index contributed by atoms with van der Waals surface area (Å²) in [6, 6.07) is 13.1. The van der Waals surface area contributed by atoms with Gasteiger partial charge in [-0.15, -0.1) is 4.91 Å². The van der Waals surface area contributed by atoms with Crippen LogP contribution < -0.4 is 24.4 Å². The van der Waals surface area contributed by atoms with Gasteiger partial charge in [-0.2, -0.15) is 0 Å². The summed E-state index contributed by atoms with van der Waals surface area (Å²) in [7, 11) is 3.06. The van der Waals surface area contributed by atoms with Crippen LogP contribution in [0.5, 0.6) is 11.5 Å². The molecule has 0 N–H and O–H groups in total. The van der Waals surface area contributed by atoms with E-state index in [4.69, 9.17) is 18.6 Å². The normalized spacial score (nSPS) is 14.9. The van der Waals surface area contributed by atoms with Crippen LogP contribution in [0.15, 0.2) is 79.2 Å². The zero-order chi connectivity index (χ0) is 29.3. The number of allylic oxidation sites excluding steroid dienone is 1. The average Bonchev–Trinajstić information content (AvgIpc) is 3.56. The number of ether oxygens (including phenoxy) is 3. The lowest BCUT2D eigenvalue weighted by Gasteiger charge is -2.26. The lowest BCUT2D eigenvalue weighted by molar-refractivity contribution is -0.139. The van der Waals surface area contributed by atoms with Crippen LogP contribution >= 0.6 is 11.3 Å². The molecule has 5 rings (SSSR count). The lowest BCUT2D eigenvalue weighted by Crippen LogP contribution is -2.40. The van der Waals surface area contributed by atoms with Gasteiger partial charge >= 0.3 is 5.97 Å². The average molecular weight is 574 g/mol. The van der Waals surface area contributed by atoms with E-state index in [0.717, 1.165) is 5.56 Å². The van der Waals surface area contributed by atoms with Crippen LogP contribution in [0.2, 0.25) is 0 Å². The third-order valence-electron chi connectivity index (χ3n) is 6.74. The van der Waals surface area contributed by atoms with E-state index in [1.807, 2.05) is 6.07 Å². The van der Waals surface area contributed by atoms with Crippen LogP contribution in [0, 0.1) is 11.8 Å². The van der Waals surface area contributed by atoms with E-state index in [1.165, 1.54) is 30.1 Å². The first-order valence-corrected chi connectivity index (χ1v) is 13.6. The number of nitrogens with zero attached hydrogens (tertiary/aromatic N) is 3. The first-order chi connectivity index (χ1) is 19.8. The minimum Gasteiger partial charge on any atom is -0.497 e. The molecule has 0 aliphatic carbocycles. The van der Waals surface area contributed by atoms with E-state index >= 15 is 0 Å². The Hall–Kier alpha value is -4.77. The lowest BCUT2D eigenvalue weighted by atomic mass is 9.95. The molecular weight excluding hydrogens is 546 g/mol. The molecule has 0 fully saturated rings. The van der Waals surface area contributed by atoms with Gasteiger partial charge < -0.3 is 18.6 Å². The van der Waals surface area contributed by atoms with Gasteiger partial charge in [-0.3, -0.25) is 9.36 Å². The number of nitroso groups, excluding NO2 is 1. The van der Waals surface area contributed by atoms with E-state index < -0.39 is 12.0 Å². The van der Waals surface area contributed by atoms with Gasteiger partial charge in [0, 0.05) is 17.2 Å². The molecule has 1 unspecified atom stereocenters. The Balaban J connectivity index is 1.67. The Morgan fingerprint density at radius 3 is 2.63 bits per heavy atom. The Labute approximate surface area is 238 Å². The van der Waals surface area contributed by atoms with E-state index in [-0.39, 0.29) is 17.7 Å². The monoisotopic (exact) mass is 573 g/mol. The van der Waals surface area contributed by atoms with Crippen molar-refractivity contribution in [2.45, 2.75) is 26.8 Å². The molecule has 10 nitrogen and oxygen atoms in total. The second kappa shape index (κ2) is 11.4. The number of benzene rings is 2. The van der Waals surface area contributed by atoms with Crippen molar-refractivity contribution in [1.29, 1.82) is 0 Å². The summed E-state index contributed by atoms with van der Waals surface area (Å²) in [6.07, 6.45) is 1.63. The van der Waals surface area contributed by atoms with Gasteiger partial charge in [-0.25, -0.2) is 9.79 Å². The number of esters is 1. The molecule has 210 valence electrons. The smallest absolute Gasteiger partial charge is 0.338 e. The Morgan fingerprint density at radius 2 is 1.93 bits per heavy atom. The minimum absolute atomic E-state index is 0.161. The van der Waals surface area contributed by atoms with Crippen molar-refractivity contribution in [3.05, 3.63) is 101 Å². The highest BCUT2D eigenvalue weighted by molar-refractivity contribution is 7.07. The summed E-state index contributed by atoms with van der Waals surface area (Å²) >= 11 is 1.18. The van der Waals surface area contributed by atoms with Crippen molar-refractivity contribution in [2.24, 2.45) is 10.2 Å². The van der Waals surface area contributed by atoms with Crippen molar-refractivity contribution < 1.29 is 23.4 Å². The molecular formula is C30H27N3O7S. The SMILES string of the molecule is CCOC(=O)C1=C(C)N=c2s/c(=C\c3ccc(-c4ccc(C)c(N=O)c4)o3)c(=O)n2C1c1cc(OC)ccc1OC. The van der Waals surface area contributed by atoms with Gasteiger partial charge in [-0.1, -0.05) is 23.5 Å². The molecule has 11 heteroatoms. The van der Waals surface area contributed by atoms with Crippen molar-refractivity contribution in [3.63, 3.8) is 0 Å². The number of carbonyl (C=O) groups excluding carboxylic acids is 1. The first-order valence-electron chi connectivity index (χ1n) is 12.7. The Morgan fingerprint density at radius 1 is 1.12 bits per heavy atom. The molecule has 0 radical (unpaired) electrons. The molecule has 0 bridgehead atoms. The summed E-state index contributed by atoms with van der Waals surface area (Å²) in [5, 5.41) is 3.06. The second-order valence-electron chi connectivity index (χ2n) is 9.20. The molecule has 1 aliphatic heterocycles. The van der Waals surface area contributed by atoms with Crippen molar-refractivity contribution in [1.82, 2.24) is 4.57 Å². The molecule has 3 heterocycles. The van der Waals surface area contributed by atoms with Gasteiger partial charge in [0.25, 0.3) is 5.56 Å². The van der Waals surface area contributed by atoms with E-state index in [0.29, 0.717) is 54.9 Å². The quantitative estimate of drug-likeness (QED) is 0.220. The van der Waals surface area contributed by atoms with E-state index in [1.54, 1.807) is 69.3 Å². The molecule has 41 heavy (non-hydrogen) atoms. The van der Waals surface area contributed by atoms with Gasteiger partial charge in [0.05, 0.1) is 36.6 Å². The summed E-state index contributed by atoms with van der Waals surface area (Å²) in [5.41, 5.74) is 2.63. The fourth-order valence-corrected chi connectivity index (χ4v) is 5.74. The maximum Gasteiger partial charge on any atom is 0.338 e. The van der Waals surface area contributed by atoms with Crippen LogP contribution in [0.1, 0.15) is 36.8 Å². The van der Waals surface area contributed by atoms with Crippen LogP contribution in [0.4, 0.5) is 5.69 Å². The molecule has 0 spiro atoms. The fourth-order valence-electron chi connectivity index (χ4n) is 4.71. The topological polar surface area (TPSA) is 122 Å². The number of furan rings is 1. The third-order valence-corrected chi connectivity index (χ3v) is 7.72. The summed E-state index contributed by atoms with van der Waals surface area (Å²) in [5.74, 6) is 1.39. The predicted octanol–water partition coefficient (Wildman–Crippen LogP) is 4.78. The highest BCUT2D eigenvalue weighted by Gasteiger charge is 2.35. The maximum atomic E-state index is 13.9. The highest BCUT2D eigenvalue weighted by Crippen LogP contribution is 2.38. The Kier molecular flexibility index (Phi) is 7.71. The number of aryl methyl sites for hydroxylation is 1. The molecule has 0 amide bonds. The fraction of sp³-hybridized carbons (Fsp3) is 0.233. The van der Waals surface area contributed by atoms with Crippen LogP contribution in [-0.4, -0.2) is 31.4 Å². The summed E-state index contributed by atoms with van der Waals surface area (Å²) in [4.78, 5) is 43.3. The number of methoxy groups -OCH3 is 2. The largest absolute Gasteiger partial charge is 0.497 e. The first kappa shape index (κ1) is 27.8. The van der Waals surface area contributed by atoms with Crippen molar-refractivity contribution in [3.8, 4) is 22.8 Å². The zero-order valence-corrected chi connectivity index (χ0v) is 23.9. The number of aromatic nitrogens is 1. The number of hydrogen-bond donors (Lipinski definition) is 0. The molecule has 0 saturated carbocycles. The van der Waals surface area contributed by atoms with Crippen molar-refractivity contribution in [2.75, 3.05) is 20.8 Å². The number of fused-ring (bicyclic) bond motifs is 1.